The Bertz CT molecular complexity index is 418. The molecule has 0 amide bonds. The average molecular weight is 246 g/mol. The fourth-order valence-electron chi connectivity index (χ4n) is 1.47. The lowest BCUT2D eigenvalue weighted by molar-refractivity contribution is 0.312. The quantitative estimate of drug-likeness (QED) is 0.348. The molecule has 0 aromatic heterocycles. The summed E-state index contributed by atoms with van der Waals surface area (Å²) < 4.78 is 5.49. The molecule has 1 rings (SSSR count). The molecule has 0 unspecified atom stereocenters. The zero-order chi connectivity index (χ0) is 13.2. The summed E-state index contributed by atoms with van der Waals surface area (Å²) in [5.74, 6) is 0.823. The molecule has 0 spiro atoms. The van der Waals surface area contributed by atoms with Crippen LogP contribution in [0, 0.1) is 11.3 Å². The summed E-state index contributed by atoms with van der Waals surface area (Å²) in [6.45, 7) is 2.37. The van der Waals surface area contributed by atoms with Crippen LogP contribution in [0.1, 0.15) is 31.7 Å². The summed E-state index contributed by atoms with van der Waals surface area (Å²) in [5, 5.41) is 20.1. The molecule has 0 aliphatic heterocycles. The lowest BCUT2D eigenvalue weighted by Crippen LogP contribution is -1.98. The van der Waals surface area contributed by atoms with Crippen LogP contribution in [0.2, 0.25) is 0 Å². The first-order chi connectivity index (χ1) is 8.76. The Kier molecular flexibility index (Phi) is 6.34. The van der Waals surface area contributed by atoms with Gasteiger partial charge in [0.1, 0.15) is 5.75 Å². The molecule has 0 heterocycles. The van der Waals surface area contributed by atoms with Crippen molar-refractivity contribution in [2.45, 2.75) is 32.6 Å². The second-order valence-electron chi connectivity index (χ2n) is 4.09. The highest BCUT2D eigenvalue weighted by atomic mass is 16.5. The predicted molar refractivity (Wildman–Crippen MR) is 70.0 cm³/mol. The van der Waals surface area contributed by atoms with Gasteiger partial charge in [0.25, 0.3) is 0 Å². The zero-order valence-corrected chi connectivity index (χ0v) is 10.6. The maximum Gasteiger partial charge on any atom is 0.119 e. The molecule has 4 nitrogen and oxygen atoms in total. The highest BCUT2D eigenvalue weighted by molar-refractivity contribution is 5.81. The predicted octanol–water partition coefficient (Wildman–Crippen LogP) is 3.15. The largest absolute Gasteiger partial charge is 0.494 e. The molecular weight excluding hydrogens is 228 g/mol. The molecular formula is C14H18N2O2. The van der Waals surface area contributed by atoms with Crippen LogP contribution < -0.4 is 4.74 Å². The van der Waals surface area contributed by atoms with Crippen LogP contribution in [0.15, 0.2) is 29.4 Å². The monoisotopic (exact) mass is 246 g/mol. The summed E-state index contributed by atoms with van der Waals surface area (Å²) in [5.41, 5.74) is 1.91. The second-order valence-corrected chi connectivity index (χ2v) is 4.09. The summed E-state index contributed by atoms with van der Waals surface area (Å²) in [4.78, 5) is 0. The summed E-state index contributed by atoms with van der Waals surface area (Å²) in [7, 11) is 0. The minimum atomic E-state index is 0.526. The molecule has 1 N–H and O–H groups in total. The van der Waals surface area contributed by atoms with Crippen molar-refractivity contribution < 1.29 is 9.94 Å². The SMILES string of the molecule is C/C(CCc1ccc(OCCCC#N)cc1)=N\O. The summed E-state index contributed by atoms with van der Waals surface area (Å²) >= 11 is 0. The van der Waals surface area contributed by atoms with E-state index in [-0.39, 0.29) is 0 Å². The highest BCUT2D eigenvalue weighted by Gasteiger charge is 1.98. The van der Waals surface area contributed by atoms with Crippen LogP contribution in [-0.4, -0.2) is 17.5 Å². The number of oxime groups is 1. The first kappa shape index (κ1) is 14.0. The number of unbranched alkanes of at least 4 members (excludes halogenated alkanes) is 1. The third-order valence-electron chi connectivity index (χ3n) is 2.57. The van der Waals surface area contributed by atoms with Gasteiger partial charge in [0.05, 0.1) is 18.4 Å². The smallest absolute Gasteiger partial charge is 0.119 e. The fourth-order valence-corrected chi connectivity index (χ4v) is 1.47. The van der Waals surface area contributed by atoms with Crippen molar-refractivity contribution in [2.75, 3.05) is 6.61 Å². The molecule has 0 saturated carbocycles. The van der Waals surface area contributed by atoms with Gasteiger partial charge in [-0.3, -0.25) is 0 Å². The van der Waals surface area contributed by atoms with Gasteiger partial charge in [-0.25, -0.2) is 0 Å². The van der Waals surface area contributed by atoms with Crippen molar-refractivity contribution in [1.82, 2.24) is 0 Å². The van der Waals surface area contributed by atoms with Gasteiger partial charge in [0.2, 0.25) is 0 Å². The van der Waals surface area contributed by atoms with Crippen LogP contribution in [0.4, 0.5) is 0 Å². The van der Waals surface area contributed by atoms with Crippen LogP contribution in [-0.2, 0) is 6.42 Å². The van der Waals surface area contributed by atoms with E-state index in [1.165, 1.54) is 5.56 Å². The lowest BCUT2D eigenvalue weighted by atomic mass is 10.1. The van der Waals surface area contributed by atoms with Gasteiger partial charge < -0.3 is 9.94 Å². The van der Waals surface area contributed by atoms with E-state index in [0.717, 1.165) is 30.7 Å². The number of nitriles is 1. The molecule has 1 aromatic rings. The van der Waals surface area contributed by atoms with Gasteiger partial charge in [0.15, 0.2) is 0 Å². The van der Waals surface area contributed by atoms with E-state index in [0.29, 0.717) is 13.0 Å². The Morgan fingerprint density at radius 3 is 2.72 bits per heavy atom. The molecule has 18 heavy (non-hydrogen) atoms. The molecule has 0 saturated heterocycles. The lowest BCUT2D eigenvalue weighted by Gasteiger charge is -2.06. The van der Waals surface area contributed by atoms with Crippen molar-refractivity contribution in [1.29, 1.82) is 5.26 Å². The Balaban J connectivity index is 2.36. The summed E-state index contributed by atoms with van der Waals surface area (Å²) in [6, 6.07) is 9.94. The molecule has 96 valence electrons. The molecule has 0 fully saturated rings. The van der Waals surface area contributed by atoms with E-state index in [1.807, 2.05) is 24.3 Å². The molecule has 0 aliphatic rings. The maximum atomic E-state index is 8.54. The average Bonchev–Trinajstić information content (AvgIpc) is 2.42. The minimum absolute atomic E-state index is 0.526. The Labute approximate surface area is 108 Å². The third kappa shape index (κ3) is 5.35. The number of benzene rings is 1. The van der Waals surface area contributed by atoms with Crippen molar-refractivity contribution in [3.05, 3.63) is 29.8 Å². The number of hydrogen-bond donors (Lipinski definition) is 1. The van der Waals surface area contributed by atoms with Crippen molar-refractivity contribution >= 4 is 5.71 Å². The van der Waals surface area contributed by atoms with E-state index in [1.54, 1.807) is 6.92 Å². The van der Waals surface area contributed by atoms with Crippen LogP contribution >= 0.6 is 0 Å². The van der Waals surface area contributed by atoms with Crippen molar-refractivity contribution in [3.8, 4) is 11.8 Å². The number of hydrogen-bond acceptors (Lipinski definition) is 4. The van der Waals surface area contributed by atoms with Gasteiger partial charge in [0, 0.05) is 6.42 Å². The maximum absolute atomic E-state index is 8.54. The minimum Gasteiger partial charge on any atom is -0.494 e. The number of nitrogens with zero attached hydrogens (tertiary/aromatic N) is 2. The molecule has 4 heteroatoms. The number of ether oxygens (including phenoxy) is 1. The van der Waals surface area contributed by atoms with Gasteiger partial charge in [-0.05, 0) is 43.9 Å². The van der Waals surface area contributed by atoms with Gasteiger partial charge in [-0.2, -0.15) is 5.26 Å². The van der Waals surface area contributed by atoms with Crippen LogP contribution in [0.5, 0.6) is 5.75 Å². The second kappa shape index (κ2) is 8.13. The van der Waals surface area contributed by atoms with Gasteiger partial charge >= 0.3 is 0 Å². The van der Waals surface area contributed by atoms with E-state index in [4.69, 9.17) is 15.2 Å². The molecule has 0 atom stereocenters. The standard InChI is InChI=1S/C14H18N2O2/c1-12(16-17)4-5-13-6-8-14(9-7-13)18-11-3-2-10-15/h6-9,17H,2-5,11H2,1H3/b16-12+. The summed E-state index contributed by atoms with van der Waals surface area (Å²) in [6.07, 6.45) is 2.88. The van der Waals surface area contributed by atoms with E-state index >= 15 is 0 Å². The number of rotatable bonds is 7. The molecule has 1 aromatic carbocycles. The van der Waals surface area contributed by atoms with Gasteiger partial charge in [-0.15, -0.1) is 0 Å². The number of aryl methyl sites for hydroxylation is 1. The molecule has 0 radical (unpaired) electrons. The molecule has 0 aliphatic carbocycles. The fraction of sp³-hybridized carbons (Fsp3) is 0.429. The first-order valence-electron chi connectivity index (χ1n) is 6.02. The zero-order valence-electron chi connectivity index (χ0n) is 10.6. The van der Waals surface area contributed by atoms with E-state index in [2.05, 4.69) is 11.2 Å². The Hall–Kier alpha value is -2.02. The van der Waals surface area contributed by atoms with Crippen LogP contribution in [0.25, 0.3) is 0 Å². The Morgan fingerprint density at radius 1 is 1.39 bits per heavy atom. The van der Waals surface area contributed by atoms with E-state index < -0.39 is 0 Å². The first-order valence-corrected chi connectivity index (χ1v) is 6.02. The normalized spacial score (nSPS) is 11.0. The highest BCUT2D eigenvalue weighted by Crippen LogP contribution is 2.14. The van der Waals surface area contributed by atoms with Gasteiger partial charge in [-0.1, -0.05) is 17.3 Å². The molecule has 0 bridgehead atoms. The van der Waals surface area contributed by atoms with Crippen LogP contribution in [0.3, 0.4) is 0 Å². The van der Waals surface area contributed by atoms with E-state index in [9.17, 15) is 0 Å². The van der Waals surface area contributed by atoms with Crippen molar-refractivity contribution in [2.24, 2.45) is 5.16 Å². The Morgan fingerprint density at radius 2 is 2.11 bits per heavy atom. The third-order valence-corrected chi connectivity index (χ3v) is 2.57. The van der Waals surface area contributed by atoms with Crippen molar-refractivity contribution in [3.63, 3.8) is 0 Å². The topological polar surface area (TPSA) is 65.6 Å².